The molecule has 2 N–H and O–H groups in total. The molecule has 0 radical (unpaired) electrons. The van der Waals surface area contributed by atoms with Gasteiger partial charge in [0.2, 0.25) is 10.0 Å². The van der Waals surface area contributed by atoms with Crippen molar-refractivity contribution in [1.82, 2.24) is 19.2 Å². The van der Waals surface area contributed by atoms with Crippen molar-refractivity contribution in [1.29, 1.82) is 0 Å². The fourth-order valence-electron chi connectivity index (χ4n) is 3.68. The predicted octanol–water partition coefficient (Wildman–Crippen LogP) is 0.768. The molecule has 0 aromatic carbocycles. The van der Waals surface area contributed by atoms with Gasteiger partial charge in [-0.05, 0) is 19.3 Å². The average molecular weight is 423 g/mol. The topological polar surface area (TPSA) is 98.7 Å². The van der Waals surface area contributed by atoms with Crippen LogP contribution in [-0.2, 0) is 16.2 Å². The van der Waals surface area contributed by atoms with E-state index in [9.17, 15) is 26.7 Å². The number of aromatic nitrogens is 2. The van der Waals surface area contributed by atoms with E-state index in [1.54, 1.807) is 0 Å². The van der Waals surface area contributed by atoms with Gasteiger partial charge in [-0.2, -0.15) is 17.5 Å². The fourth-order valence-corrected chi connectivity index (χ4v) is 4.58. The van der Waals surface area contributed by atoms with Crippen molar-refractivity contribution in [2.24, 2.45) is 0 Å². The van der Waals surface area contributed by atoms with E-state index in [1.165, 1.54) is 4.31 Å². The molecule has 1 atom stereocenters. The summed E-state index contributed by atoms with van der Waals surface area (Å²) in [5, 5.41) is 13.7. The molecule has 1 aromatic rings. The first-order valence-electron chi connectivity index (χ1n) is 9.00. The van der Waals surface area contributed by atoms with Crippen LogP contribution < -0.4 is 5.32 Å². The lowest BCUT2D eigenvalue weighted by molar-refractivity contribution is -0.141. The Hall–Kier alpha value is -1.50. The third kappa shape index (κ3) is 5.31. The van der Waals surface area contributed by atoms with Gasteiger partial charge in [-0.1, -0.05) is 0 Å². The number of hydrogen-bond donors (Lipinski definition) is 2. The fraction of sp³-hybridized carbons (Fsp3) is 0.750. The zero-order chi connectivity index (χ0) is 20.6. The van der Waals surface area contributed by atoms with Gasteiger partial charge in [0, 0.05) is 44.8 Å². The molecule has 3 rings (SSSR count). The highest BCUT2D eigenvalue weighted by Crippen LogP contribution is 2.29. The van der Waals surface area contributed by atoms with Gasteiger partial charge in [0.05, 0.1) is 11.9 Å². The molecule has 28 heavy (non-hydrogen) atoms. The highest BCUT2D eigenvalue weighted by Gasteiger charge is 2.41. The number of nitrogens with one attached hydrogen (secondary N) is 1. The van der Waals surface area contributed by atoms with Gasteiger partial charge in [0.15, 0.2) is 0 Å². The van der Waals surface area contributed by atoms with Crippen LogP contribution in [0.15, 0.2) is 12.4 Å². The smallest absolute Gasteiger partial charge is 0.387 e. The van der Waals surface area contributed by atoms with Crippen LogP contribution in [0.5, 0.6) is 0 Å². The Balaban J connectivity index is 1.50. The summed E-state index contributed by atoms with van der Waals surface area (Å²) in [6.45, 7) is 2.07. The second-order valence-corrected chi connectivity index (χ2v) is 9.53. The van der Waals surface area contributed by atoms with Crippen LogP contribution in [0.25, 0.3) is 0 Å². The normalized spacial score (nSPS) is 25.9. The molecule has 12 heteroatoms. The number of sulfonamides is 1. The quantitative estimate of drug-likeness (QED) is 0.722. The molecule has 2 aliphatic rings. The lowest BCUT2D eigenvalue weighted by Crippen LogP contribution is -2.49. The zero-order valence-corrected chi connectivity index (χ0v) is 16.3. The zero-order valence-electron chi connectivity index (χ0n) is 15.5. The van der Waals surface area contributed by atoms with E-state index >= 15 is 0 Å². The maximum atomic E-state index is 12.7. The van der Waals surface area contributed by atoms with E-state index in [-0.39, 0.29) is 18.4 Å². The predicted molar refractivity (Wildman–Crippen MR) is 96.1 cm³/mol. The van der Waals surface area contributed by atoms with Gasteiger partial charge in [0.1, 0.15) is 17.8 Å². The highest BCUT2D eigenvalue weighted by molar-refractivity contribution is 7.88. The van der Waals surface area contributed by atoms with Gasteiger partial charge >= 0.3 is 6.18 Å². The lowest BCUT2D eigenvalue weighted by atomic mass is 9.99. The number of nitrogens with zero attached hydrogens (tertiary/aromatic N) is 4. The van der Waals surface area contributed by atoms with Gasteiger partial charge in [0.25, 0.3) is 0 Å². The number of halogens is 3. The molecule has 0 bridgehead atoms. The van der Waals surface area contributed by atoms with Crippen LogP contribution in [0.1, 0.15) is 25.0 Å². The highest BCUT2D eigenvalue weighted by atomic mass is 32.2. The number of aliphatic hydroxyl groups is 1. The van der Waals surface area contributed by atoms with Crippen molar-refractivity contribution in [3.8, 4) is 0 Å². The first kappa shape index (κ1) is 21.2. The van der Waals surface area contributed by atoms with Crippen LogP contribution in [0, 0.1) is 0 Å². The number of piperidine rings is 1. The summed E-state index contributed by atoms with van der Waals surface area (Å²) in [5.41, 5.74) is -2.06. The number of anilines is 1. The molecule has 2 aliphatic heterocycles. The molecule has 8 nitrogen and oxygen atoms in total. The van der Waals surface area contributed by atoms with Crippen LogP contribution in [0.4, 0.5) is 19.0 Å². The third-order valence-electron chi connectivity index (χ3n) is 5.18. The number of likely N-dealkylation sites (tertiary alicyclic amines) is 1. The van der Waals surface area contributed by atoms with E-state index in [2.05, 4.69) is 20.2 Å². The second-order valence-electron chi connectivity index (χ2n) is 7.55. The molecule has 1 aromatic heterocycles. The standard InChI is InChI=1S/C16H24F3N5O3S/c1-28(26,27)24-7-4-15(25,10-24)9-23-5-2-12(3-6-23)22-14-8-13(16(17,18)19)20-11-21-14/h8,11-12,25H,2-7,9-10H2,1H3,(H,20,21,22). The molecule has 0 spiro atoms. The number of hydrogen-bond acceptors (Lipinski definition) is 7. The van der Waals surface area contributed by atoms with Crippen molar-refractivity contribution in [3.05, 3.63) is 18.1 Å². The van der Waals surface area contributed by atoms with Crippen LogP contribution in [-0.4, -0.2) is 83.3 Å². The maximum absolute atomic E-state index is 12.7. The number of rotatable bonds is 5. The number of alkyl halides is 3. The summed E-state index contributed by atoms with van der Waals surface area (Å²) in [4.78, 5) is 9.16. The molecule has 0 saturated carbocycles. The van der Waals surface area contributed by atoms with E-state index in [0.29, 0.717) is 45.4 Å². The van der Waals surface area contributed by atoms with Crippen molar-refractivity contribution in [3.63, 3.8) is 0 Å². The Morgan fingerprint density at radius 1 is 1.29 bits per heavy atom. The Kier molecular flexibility index (Phi) is 5.86. The largest absolute Gasteiger partial charge is 0.433 e. The summed E-state index contributed by atoms with van der Waals surface area (Å²) >= 11 is 0. The Bertz CT molecular complexity index is 799. The monoisotopic (exact) mass is 423 g/mol. The van der Waals surface area contributed by atoms with Crippen molar-refractivity contribution in [2.45, 2.75) is 37.1 Å². The van der Waals surface area contributed by atoms with Crippen molar-refractivity contribution >= 4 is 15.8 Å². The van der Waals surface area contributed by atoms with Gasteiger partial charge in [-0.3, -0.25) is 0 Å². The summed E-state index contributed by atoms with van der Waals surface area (Å²) in [6.07, 6.45) is -0.746. The molecule has 158 valence electrons. The molecule has 2 fully saturated rings. The third-order valence-corrected chi connectivity index (χ3v) is 6.43. The molecular formula is C16H24F3N5O3S. The summed E-state index contributed by atoms with van der Waals surface area (Å²) in [7, 11) is -3.32. The minimum absolute atomic E-state index is 0.0297. The Morgan fingerprint density at radius 3 is 2.54 bits per heavy atom. The average Bonchev–Trinajstić information content (AvgIpc) is 2.98. The molecule has 1 unspecified atom stereocenters. The Morgan fingerprint density at radius 2 is 1.96 bits per heavy atom. The first-order chi connectivity index (χ1) is 12.9. The summed E-state index contributed by atoms with van der Waals surface area (Å²) in [6, 6.07) is 0.867. The summed E-state index contributed by atoms with van der Waals surface area (Å²) in [5.74, 6) is 0.138. The molecule has 3 heterocycles. The van der Waals surface area contributed by atoms with E-state index < -0.39 is 27.5 Å². The van der Waals surface area contributed by atoms with Crippen molar-refractivity contribution in [2.75, 3.05) is 44.3 Å². The van der Waals surface area contributed by atoms with Gasteiger partial charge in [-0.25, -0.2) is 18.4 Å². The molecule has 2 saturated heterocycles. The molecule has 0 aliphatic carbocycles. The minimum atomic E-state index is -4.51. The first-order valence-corrected chi connectivity index (χ1v) is 10.9. The Labute approximate surface area is 161 Å². The van der Waals surface area contributed by atoms with Crippen molar-refractivity contribution < 1.29 is 26.7 Å². The van der Waals surface area contributed by atoms with Crippen LogP contribution >= 0.6 is 0 Å². The summed E-state index contributed by atoms with van der Waals surface area (Å²) < 4.78 is 62.8. The molecular weight excluding hydrogens is 399 g/mol. The lowest BCUT2D eigenvalue weighted by Gasteiger charge is -2.36. The minimum Gasteiger partial charge on any atom is -0.387 e. The van der Waals surface area contributed by atoms with E-state index in [4.69, 9.17) is 0 Å². The van der Waals surface area contributed by atoms with Crippen LogP contribution in [0.3, 0.4) is 0 Å². The maximum Gasteiger partial charge on any atom is 0.433 e. The van der Waals surface area contributed by atoms with E-state index in [0.717, 1.165) is 18.6 Å². The van der Waals surface area contributed by atoms with Gasteiger partial charge < -0.3 is 15.3 Å². The number of β-amino-alcohol motifs (C(OH)–C–C–N with tert-alkyl or cyclic N) is 1. The van der Waals surface area contributed by atoms with Gasteiger partial charge in [-0.15, -0.1) is 0 Å². The van der Waals surface area contributed by atoms with Crippen LogP contribution in [0.2, 0.25) is 0 Å². The van der Waals surface area contributed by atoms with E-state index in [1.807, 2.05) is 0 Å². The molecule has 0 amide bonds. The second kappa shape index (κ2) is 7.73. The SMILES string of the molecule is CS(=O)(=O)N1CCC(O)(CN2CCC(Nc3cc(C(F)(F)F)ncn3)CC2)C1.